The predicted molar refractivity (Wildman–Crippen MR) is 112 cm³/mol. The molecule has 28 heavy (non-hydrogen) atoms. The normalized spacial score (nSPS) is 19.9. The van der Waals surface area contributed by atoms with Gasteiger partial charge in [0.25, 0.3) is 0 Å². The van der Waals surface area contributed by atoms with Crippen LogP contribution in [0.5, 0.6) is 0 Å². The van der Waals surface area contributed by atoms with Crippen molar-refractivity contribution >= 4 is 40.3 Å². The maximum Gasteiger partial charge on any atom is 0.328 e. The molecule has 9 heteroatoms. The smallest absolute Gasteiger partial charge is 0.328 e. The molecule has 1 aliphatic carbocycles. The van der Waals surface area contributed by atoms with E-state index in [2.05, 4.69) is 19.9 Å². The van der Waals surface area contributed by atoms with Crippen molar-refractivity contribution < 1.29 is 0 Å². The summed E-state index contributed by atoms with van der Waals surface area (Å²) in [5.74, 6) is 0.595. The number of nitrogens with one attached hydrogen (secondary N) is 1. The minimum absolute atomic E-state index is 0.260. The Morgan fingerprint density at radius 2 is 2.04 bits per heavy atom. The number of hydrogen-bond donors (Lipinski definition) is 2. The number of H-pyrrole nitrogens is 1. The molecule has 0 spiro atoms. The van der Waals surface area contributed by atoms with Crippen LogP contribution < -0.4 is 16.3 Å². The number of imidazole rings is 1. The molecule has 148 valence electrons. The molecule has 1 aliphatic rings. The summed E-state index contributed by atoms with van der Waals surface area (Å²) < 4.78 is 1.56. The first-order valence-corrected chi connectivity index (χ1v) is 10.1. The Balaban J connectivity index is 1.68. The standard InChI is InChI=1S/C19H22Cl2N6O/c1-26(14-5-3-13(22)4-6-14)18-23-9-16-17(25-18)27(19(28)24-16)10-11-8-12(20)2-7-15(11)21/h2,7-9,13-14H,3-6,10,22H2,1H3,(H,24,28)/t13-,14-. The van der Waals surface area contributed by atoms with Gasteiger partial charge in [-0.3, -0.25) is 4.57 Å². The molecular formula is C19H22Cl2N6O. The first kappa shape index (κ1) is 19.2. The maximum atomic E-state index is 12.5. The lowest BCUT2D eigenvalue weighted by Crippen LogP contribution is -2.39. The molecular weight excluding hydrogens is 399 g/mol. The second-order valence-corrected chi connectivity index (χ2v) is 8.18. The number of hydrogen-bond acceptors (Lipinski definition) is 5. The number of nitrogens with zero attached hydrogens (tertiary/aromatic N) is 4. The van der Waals surface area contributed by atoms with Crippen LogP contribution in [0, 0.1) is 0 Å². The number of aromatic nitrogens is 4. The third-order valence-electron chi connectivity index (χ3n) is 5.44. The van der Waals surface area contributed by atoms with E-state index in [0.29, 0.717) is 33.2 Å². The molecule has 2 aromatic heterocycles. The third kappa shape index (κ3) is 3.74. The predicted octanol–water partition coefficient (Wildman–Crippen LogP) is 3.18. The van der Waals surface area contributed by atoms with E-state index in [1.165, 1.54) is 0 Å². The molecule has 0 bridgehead atoms. The fraction of sp³-hybridized carbons (Fsp3) is 0.421. The molecule has 1 saturated carbocycles. The van der Waals surface area contributed by atoms with E-state index in [1.54, 1.807) is 29.0 Å². The summed E-state index contributed by atoms with van der Waals surface area (Å²) in [6, 6.07) is 5.83. The third-order valence-corrected chi connectivity index (χ3v) is 6.04. The van der Waals surface area contributed by atoms with E-state index < -0.39 is 0 Å². The Bertz CT molecular complexity index is 1050. The number of halogens is 2. The zero-order valence-corrected chi connectivity index (χ0v) is 17.0. The fourth-order valence-corrected chi connectivity index (χ4v) is 4.11. The van der Waals surface area contributed by atoms with E-state index in [1.807, 2.05) is 7.05 Å². The van der Waals surface area contributed by atoms with Crippen molar-refractivity contribution in [1.29, 1.82) is 0 Å². The van der Waals surface area contributed by atoms with E-state index in [9.17, 15) is 4.79 Å². The van der Waals surface area contributed by atoms with Crippen molar-refractivity contribution in [3.63, 3.8) is 0 Å². The van der Waals surface area contributed by atoms with Gasteiger partial charge in [-0.25, -0.2) is 9.78 Å². The van der Waals surface area contributed by atoms with Crippen LogP contribution in [0.1, 0.15) is 31.2 Å². The minimum Gasteiger partial charge on any atom is -0.341 e. The highest BCUT2D eigenvalue weighted by atomic mass is 35.5. The van der Waals surface area contributed by atoms with Crippen LogP contribution in [-0.4, -0.2) is 38.7 Å². The highest BCUT2D eigenvalue weighted by Gasteiger charge is 2.24. The van der Waals surface area contributed by atoms with Gasteiger partial charge < -0.3 is 15.6 Å². The zero-order valence-electron chi connectivity index (χ0n) is 15.5. The summed E-state index contributed by atoms with van der Waals surface area (Å²) in [4.78, 5) is 26.5. The number of rotatable bonds is 4. The molecule has 0 atom stereocenters. The van der Waals surface area contributed by atoms with Gasteiger partial charge >= 0.3 is 5.69 Å². The number of anilines is 1. The van der Waals surface area contributed by atoms with Crippen molar-refractivity contribution in [2.75, 3.05) is 11.9 Å². The number of nitrogens with two attached hydrogens (primary N) is 1. The Morgan fingerprint density at radius 1 is 1.29 bits per heavy atom. The highest BCUT2D eigenvalue weighted by Crippen LogP contribution is 2.25. The lowest BCUT2D eigenvalue weighted by atomic mass is 9.91. The second kappa shape index (κ2) is 7.73. The van der Waals surface area contributed by atoms with Gasteiger partial charge in [-0.1, -0.05) is 23.2 Å². The van der Waals surface area contributed by atoms with Crippen molar-refractivity contribution in [2.45, 2.75) is 44.3 Å². The minimum atomic E-state index is -0.260. The van der Waals surface area contributed by atoms with Crippen LogP contribution in [0.25, 0.3) is 11.2 Å². The molecule has 0 radical (unpaired) electrons. The van der Waals surface area contributed by atoms with Gasteiger partial charge in [0, 0.05) is 29.2 Å². The second-order valence-electron chi connectivity index (χ2n) is 7.34. The van der Waals surface area contributed by atoms with Crippen molar-refractivity contribution in [3.05, 3.63) is 50.5 Å². The summed E-state index contributed by atoms with van der Waals surface area (Å²) in [6.07, 6.45) is 5.67. The Kier molecular flexibility index (Phi) is 5.31. The first-order chi connectivity index (χ1) is 13.4. The molecule has 3 N–H and O–H groups in total. The molecule has 0 saturated heterocycles. The summed E-state index contributed by atoms with van der Waals surface area (Å²) in [6.45, 7) is 0.274. The Morgan fingerprint density at radius 3 is 2.79 bits per heavy atom. The van der Waals surface area contributed by atoms with Gasteiger partial charge in [0.1, 0.15) is 5.52 Å². The molecule has 0 amide bonds. The maximum absolute atomic E-state index is 12.5. The van der Waals surface area contributed by atoms with E-state index in [-0.39, 0.29) is 18.3 Å². The SMILES string of the molecule is CN(c1ncc2[nH]c(=O)n(Cc3cc(Cl)ccc3Cl)c2n1)[C@H]1CC[C@H](N)CC1. The zero-order chi connectivity index (χ0) is 19.8. The van der Waals surface area contributed by atoms with Gasteiger partial charge in [0.05, 0.1) is 12.7 Å². The largest absolute Gasteiger partial charge is 0.341 e. The lowest BCUT2D eigenvalue weighted by Gasteiger charge is -2.33. The Labute approximate surface area is 172 Å². The lowest BCUT2D eigenvalue weighted by molar-refractivity contribution is 0.382. The van der Waals surface area contributed by atoms with Crippen LogP contribution >= 0.6 is 23.2 Å². The van der Waals surface area contributed by atoms with Crippen molar-refractivity contribution in [2.24, 2.45) is 5.73 Å². The van der Waals surface area contributed by atoms with Crippen molar-refractivity contribution in [3.8, 4) is 0 Å². The van der Waals surface area contributed by atoms with Gasteiger partial charge in [-0.05, 0) is 49.4 Å². The van der Waals surface area contributed by atoms with Gasteiger partial charge in [0.2, 0.25) is 5.95 Å². The summed E-state index contributed by atoms with van der Waals surface area (Å²) >= 11 is 12.4. The molecule has 4 rings (SSSR count). The van der Waals surface area contributed by atoms with Crippen LogP contribution in [0.4, 0.5) is 5.95 Å². The van der Waals surface area contributed by atoms with E-state index in [4.69, 9.17) is 28.9 Å². The molecule has 0 unspecified atom stereocenters. The van der Waals surface area contributed by atoms with Gasteiger partial charge in [0.15, 0.2) is 5.65 Å². The highest BCUT2D eigenvalue weighted by molar-refractivity contribution is 6.33. The quantitative estimate of drug-likeness (QED) is 0.675. The van der Waals surface area contributed by atoms with Crippen LogP contribution in [0.3, 0.4) is 0 Å². The molecule has 0 aliphatic heterocycles. The van der Waals surface area contributed by atoms with Gasteiger partial charge in [-0.15, -0.1) is 0 Å². The molecule has 3 aromatic rings. The molecule has 1 aromatic carbocycles. The van der Waals surface area contributed by atoms with E-state index in [0.717, 1.165) is 31.2 Å². The summed E-state index contributed by atoms with van der Waals surface area (Å²) in [5.41, 5.74) is 7.65. The van der Waals surface area contributed by atoms with Crippen LogP contribution in [0.2, 0.25) is 10.0 Å². The Hall–Kier alpha value is -2.09. The van der Waals surface area contributed by atoms with Crippen LogP contribution in [0.15, 0.2) is 29.2 Å². The van der Waals surface area contributed by atoms with Crippen LogP contribution in [-0.2, 0) is 6.54 Å². The van der Waals surface area contributed by atoms with Crippen molar-refractivity contribution in [1.82, 2.24) is 19.5 Å². The average molecular weight is 421 g/mol. The summed E-state index contributed by atoms with van der Waals surface area (Å²) in [7, 11) is 1.99. The number of aromatic amines is 1. The van der Waals surface area contributed by atoms with Gasteiger partial charge in [-0.2, -0.15) is 4.98 Å². The molecule has 1 fully saturated rings. The number of benzene rings is 1. The topological polar surface area (TPSA) is 92.8 Å². The molecule has 7 nitrogen and oxygen atoms in total. The average Bonchev–Trinajstić information content (AvgIpc) is 2.99. The fourth-order valence-electron chi connectivity index (χ4n) is 3.74. The first-order valence-electron chi connectivity index (χ1n) is 9.30. The number of fused-ring (bicyclic) bond motifs is 1. The van der Waals surface area contributed by atoms with E-state index >= 15 is 0 Å². The monoisotopic (exact) mass is 420 g/mol. The summed E-state index contributed by atoms with van der Waals surface area (Å²) in [5, 5.41) is 1.12. The molecule has 2 heterocycles.